The van der Waals surface area contributed by atoms with E-state index >= 15 is 0 Å². The molecule has 25 heavy (non-hydrogen) atoms. The number of esters is 2. The van der Waals surface area contributed by atoms with Crippen molar-refractivity contribution in [2.24, 2.45) is 5.92 Å². The van der Waals surface area contributed by atoms with Gasteiger partial charge in [0.05, 0.1) is 25.6 Å². The lowest BCUT2D eigenvalue weighted by Crippen LogP contribution is -2.27. The quantitative estimate of drug-likeness (QED) is 0.272. The normalized spacial score (nSPS) is 11.6. The van der Waals surface area contributed by atoms with E-state index in [9.17, 15) is 14.4 Å². The number of hydrogen-bond donors (Lipinski definition) is 1. The van der Waals surface area contributed by atoms with Crippen molar-refractivity contribution in [3.8, 4) is 0 Å². The SMILES string of the molecule is C=C(C(=O)OCCCCCC)C(CC(=O)O)C(=O)OCCCCCC. The summed E-state index contributed by atoms with van der Waals surface area (Å²) in [5.74, 6) is -3.85. The molecule has 0 saturated heterocycles. The van der Waals surface area contributed by atoms with Gasteiger partial charge in [0, 0.05) is 5.57 Å². The molecule has 0 fully saturated rings. The van der Waals surface area contributed by atoms with Crippen molar-refractivity contribution in [3.63, 3.8) is 0 Å². The summed E-state index contributed by atoms with van der Waals surface area (Å²) < 4.78 is 10.2. The van der Waals surface area contributed by atoms with Crippen molar-refractivity contribution in [2.45, 2.75) is 71.6 Å². The fraction of sp³-hybridized carbons (Fsp3) is 0.737. The van der Waals surface area contributed by atoms with Crippen LogP contribution in [0.15, 0.2) is 12.2 Å². The van der Waals surface area contributed by atoms with Gasteiger partial charge in [0.2, 0.25) is 0 Å². The lowest BCUT2D eigenvalue weighted by atomic mass is 9.97. The molecule has 1 atom stereocenters. The summed E-state index contributed by atoms with van der Waals surface area (Å²) >= 11 is 0. The highest BCUT2D eigenvalue weighted by Gasteiger charge is 2.30. The Kier molecular flexibility index (Phi) is 13.4. The molecule has 6 heteroatoms. The van der Waals surface area contributed by atoms with Crippen LogP contribution in [0.1, 0.15) is 71.6 Å². The average Bonchev–Trinajstić information content (AvgIpc) is 2.58. The van der Waals surface area contributed by atoms with Gasteiger partial charge in [-0.05, 0) is 12.8 Å². The predicted octanol–water partition coefficient (Wildman–Crippen LogP) is 3.88. The van der Waals surface area contributed by atoms with Crippen LogP contribution in [0.4, 0.5) is 0 Å². The summed E-state index contributed by atoms with van der Waals surface area (Å²) in [6.45, 7) is 8.18. The van der Waals surface area contributed by atoms with E-state index in [1.54, 1.807) is 0 Å². The van der Waals surface area contributed by atoms with Crippen molar-refractivity contribution in [2.75, 3.05) is 13.2 Å². The van der Waals surface area contributed by atoms with Gasteiger partial charge in [-0.1, -0.05) is 59.0 Å². The molecular formula is C19H32O6. The van der Waals surface area contributed by atoms with E-state index in [-0.39, 0.29) is 18.8 Å². The van der Waals surface area contributed by atoms with E-state index in [0.717, 1.165) is 44.9 Å². The Morgan fingerprint density at radius 2 is 1.40 bits per heavy atom. The Balaban J connectivity index is 4.46. The zero-order chi connectivity index (χ0) is 19.1. The van der Waals surface area contributed by atoms with Gasteiger partial charge in [-0.15, -0.1) is 0 Å². The number of carbonyl (C=O) groups excluding carboxylic acids is 2. The second-order valence-corrected chi connectivity index (χ2v) is 6.10. The largest absolute Gasteiger partial charge is 0.481 e. The Morgan fingerprint density at radius 3 is 1.88 bits per heavy atom. The van der Waals surface area contributed by atoms with Crippen LogP contribution in [0.25, 0.3) is 0 Å². The summed E-state index contributed by atoms with van der Waals surface area (Å²) in [4.78, 5) is 35.1. The number of carboxylic acids is 1. The van der Waals surface area contributed by atoms with Crippen molar-refractivity contribution < 1.29 is 29.0 Å². The summed E-state index contributed by atoms with van der Waals surface area (Å²) in [5, 5.41) is 8.98. The smallest absolute Gasteiger partial charge is 0.334 e. The number of hydrogen-bond acceptors (Lipinski definition) is 5. The van der Waals surface area contributed by atoms with Crippen LogP contribution in [0.3, 0.4) is 0 Å². The molecule has 1 unspecified atom stereocenters. The summed E-state index contributed by atoms with van der Waals surface area (Å²) in [7, 11) is 0. The zero-order valence-electron chi connectivity index (χ0n) is 15.6. The molecule has 144 valence electrons. The second kappa shape index (κ2) is 14.5. The van der Waals surface area contributed by atoms with E-state index in [1.807, 2.05) is 0 Å². The van der Waals surface area contributed by atoms with E-state index in [0.29, 0.717) is 6.42 Å². The van der Waals surface area contributed by atoms with Crippen molar-refractivity contribution in [1.29, 1.82) is 0 Å². The maximum absolute atomic E-state index is 12.1. The molecule has 0 amide bonds. The molecule has 0 aromatic rings. The minimum Gasteiger partial charge on any atom is -0.481 e. The predicted molar refractivity (Wildman–Crippen MR) is 95.1 cm³/mol. The Hall–Kier alpha value is -1.85. The number of unbranched alkanes of at least 4 members (excludes halogenated alkanes) is 6. The van der Waals surface area contributed by atoms with Crippen LogP contribution in [0.2, 0.25) is 0 Å². The van der Waals surface area contributed by atoms with E-state index in [4.69, 9.17) is 14.6 Å². The average molecular weight is 356 g/mol. The number of ether oxygens (including phenoxy) is 2. The van der Waals surface area contributed by atoms with Gasteiger partial charge < -0.3 is 14.6 Å². The second-order valence-electron chi connectivity index (χ2n) is 6.10. The lowest BCUT2D eigenvalue weighted by molar-refractivity contribution is -0.154. The molecular weight excluding hydrogens is 324 g/mol. The van der Waals surface area contributed by atoms with Gasteiger partial charge in [0.1, 0.15) is 0 Å². The first-order valence-corrected chi connectivity index (χ1v) is 9.18. The summed E-state index contributed by atoms with van der Waals surface area (Å²) in [6.07, 6.45) is 7.06. The fourth-order valence-corrected chi connectivity index (χ4v) is 2.25. The highest BCUT2D eigenvalue weighted by atomic mass is 16.5. The number of aliphatic carboxylic acids is 1. The lowest BCUT2D eigenvalue weighted by Gasteiger charge is -2.16. The molecule has 0 aliphatic rings. The summed E-state index contributed by atoms with van der Waals surface area (Å²) in [6, 6.07) is 0. The van der Waals surface area contributed by atoms with Gasteiger partial charge in [0.25, 0.3) is 0 Å². The Morgan fingerprint density at radius 1 is 0.880 bits per heavy atom. The topological polar surface area (TPSA) is 89.9 Å². The molecule has 0 heterocycles. The maximum Gasteiger partial charge on any atom is 0.334 e. The molecule has 0 saturated carbocycles. The molecule has 0 aromatic heterocycles. The van der Waals surface area contributed by atoms with Crippen LogP contribution in [-0.2, 0) is 23.9 Å². The monoisotopic (exact) mass is 356 g/mol. The van der Waals surface area contributed by atoms with Crippen LogP contribution >= 0.6 is 0 Å². The third kappa shape index (κ3) is 11.3. The van der Waals surface area contributed by atoms with E-state index in [1.165, 1.54) is 0 Å². The molecule has 0 bridgehead atoms. The first kappa shape index (κ1) is 23.1. The highest BCUT2D eigenvalue weighted by Crippen LogP contribution is 2.18. The Labute approximate surface area is 150 Å². The zero-order valence-corrected chi connectivity index (χ0v) is 15.6. The van der Waals surface area contributed by atoms with E-state index < -0.39 is 30.2 Å². The molecule has 0 rings (SSSR count). The van der Waals surface area contributed by atoms with Gasteiger partial charge in [-0.25, -0.2) is 4.79 Å². The Bertz CT molecular complexity index is 430. The molecule has 6 nitrogen and oxygen atoms in total. The van der Waals surface area contributed by atoms with E-state index in [2.05, 4.69) is 20.4 Å². The molecule has 0 aliphatic carbocycles. The highest BCUT2D eigenvalue weighted by molar-refractivity contribution is 5.96. The third-order valence-electron chi connectivity index (χ3n) is 3.82. The van der Waals surface area contributed by atoms with Gasteiger partial charge in [-0.3, -0.25) is 9.59 Å². The van der Waals surface area contributed by atoms with Crippen molar-refractivity contribution >= 4 is 17.9 Å². The summed E-state index contributed by atoms with van der Waals surface area (Å²) in [5.41, 5.74) is -0.156. The van der Waals surface area contributed by atoms with Crippen LogP contribution in [0, 0.1) is 5.92 Å². The van der Waals surface area contributed by atoms with Crippen molar-refractivity contribution in [3.05, 3.63) is 12.2 Å². The maximum atomic E-state index is 12.1. The van der Waals surface area contributed by atoms with Gasteiger partial charge >= 0.3 is 17.9 Å². The standard InChI is InChI=1S/C19H32O6/c1-4-6-8-10-12-24-18(22)15(3)16(14-17(20)21)19(23)25-13-11-9-7-5-2/h16H,3-14H2,1-2H3,(H,20,21). The first-order valence-electron chi connectivity index (χ1n) is 9.18. The molecule has 0 radical (unpaired) electrons. The number of carbonyl (C=O) groups is 3. The van der Waals surface area contributed by atoms with Crippen LogP contribution in [0.5, 0.6) is 0 Å². The first-order chi connectivity index (χ1) is 11.9. The van der Waals surface area contributed by atoms with Crippen molar-refractivity contribution in [1.82, 2.24) is 0 Å². The fourth-order valence-electron chi connectivity index (χ4n) is 2.25. The molecule has 0 spiro atoms. The number of rotatable bonds is 15. The minimum atomic E-state index is -1.20. The van der Waals surface area contributed by atoms with Crippen LogP contribution in [-0.4, -0.2) is 36.2 Å². The molecule has 0 aliphatic heterocycles. The van der Waals surface area contributed by atoms with Gasteiger partial charge in [-0.2, -0.15) is 0 Å². The van der Waals surface area contributed by atoms with Gasteiger partial charge in [0.15, 0.2) is 0 Å². The van der Waals surface area contributed by atoms with Crippen LogP contribution < -0.4 is 0 Å². The number of carboxylic acid groups (broad SMARTS) is 1. The molecule has 0 aromatic carbocycles. The minimum absolute atomic E-state index is 0.156. The third-order valence-corrected chi connectivity index (χ3v) is 3.82. The molecule has 1 N–H and O–H groups in total.